The van der Waals surface area contributed by atoms with Crippen molar-refractivity contribution in [2.75, 3.05) is 72.0 Å². The summed E-state index contributed by atoms with van der Waals surface area (Å²) in [5.41, 5.74) is 33.9. The number of hydrogen-bond donors (Lipinski definition) is 11. The highest BCUT2D eigenvalue weighted by molar-refractivity contribution is 5.90. The minimum absolute atomic E-state index is 0.0149. The summed E-state index contributed by atoms with van der Waals surface area (Å²) in [6, 6.07) is 0. The van der Waals surface area contributed by atoms with E-state index in [1.165, 1.54) is 44.9 Å². The van der Waals surface area contributed by atoms with Gasteiger partial charge in [0.1, 0.15) is 40.5 Å². The molecule has 17 N–H and O–H groups in total. The Balaban J connectivity index is 0. The molecule has 0 bridgehead atoms. The van der Waals surface area contributed by atoms with Crippen molar-refractivity contribution in [3.63, 3.8) is 0 Å². The lowest BCUT2D eigenvalue weighted by molar-refractivity contribution is -0.129. The second-order valence-electron chi connectivity index (χ2n) is 34.5. The van der Waals surface area contributed by atoms with Gasteiger partial charge in [0.2, 0.25) is 29.5 Å². The Kier molecular flexibility index (Phi) is 84.0. The summed E-state index contributed by atoms with van der Waals surface area (Å²) in [4.78, 5) is 153. The molecule has 0 aromatic heterocycles. The van der Waals surface area contributed by atoms with Gasteiger partial charge < -0.3 is 61.0 Å². The summed E-state index contributed by atoms with van der Waals surface area (Å²) in [5, 5.41) is 15.1. The van der Waals surface area contributed by atoms with Gasteiger partial charge in [-0.15, -0.1) is 0 Å². The predicted octanol–water partition coefficient (Wildman–Crippen LogP) is 16.6. The maximum Gasteiger partial charge on any atom is 0.223 e. The normalized spacial score (nSPS) is 12.8. The third kappa shape index (κ3) is 74.0. The Morgan fingerprint density at radius 3 is 0.563 bits per heavy atom. The molecule has 694 valence electrons. The number of hydrogen-bond acceptors (Lipinski definition) is 18. The Morgan fingerprint density at radius 1 is 0.202 bits per heavy atom. The molecule has 0 saturated carbocycles. The number of ketones is 7. The van der Waals surface area contributed by atoms with Gasteiger partial charge in [-0.25, -0.2) is 0 Å². The topological polar surface area (TPSA) is 421 Å². The molecule has 0 saturated heterocycles. The van der Waals surface area contributed by atoms with E-state index in [9.17, 15) is 57.5 Å². The summed E-state index contributed by atoms with van der Waals surface area (Å²) < 4.78 is 0. The van der Waals surface area contributed by atoms with Gasteiger partial charge in [-0.2, -0.15) is 0 Å². The van der Waals surface area contributed by atoms with Gasteiger partial charge in [-0.1, -0.05) is 200 Å². The van der Waals surface area contributed by atoms with Crippen LogP contribution >= 0.6 is 0 Å². The molecule has 0 heterocycles. The van der Waals surface area contributed by atoms with Crippen LogP contribution in [-0.4, -0.2) is 142 Å². The summed E-state index contributed by atoms with van der Waals surface area (Å²) in [7, 11) is 0. The third-order valence-corrected chi connectivity index (χ3v) is 23.3. The van der Waals surface area contributed by atoms with E-state index in [0.717, 1.165) is 250 Å². The number of nitrogens with one attached hydrogen (secondary N) is 5. The van der Waals surface area contributed by atoms with Gasteiger partial charge in [-0.05, 0) is 194 Å². The van der Waals surface area contributed by atoms with Crippen molar-refractivity contribution >= 4 is 70.0 Å². The minimum atomic E-state index is -0.332. The van der Waals surface area contributed by atoms with Gasteiger partial charge in [0.25, 0.3) is 0 Å². The van der Waals surface area contributed by atoms with E-state index < -0.39 is 0 Å². The fourth-order valence-corrected chi connectivity index (χ4v) is 15.6. The van der Waals surface area contributed by atoms with Crippen LogP contribution in [-0.2, 0) is 57.5 Å². The van der Waals surface area contributed by atoms with Gasteiger partial charge in [0.05, 0.1) is 0 Å². The van der Waals surface area contributed by atoms with Crippen LogP contribution in [0.1, 0.15) is 432 Å². The van der Waals surface area contributed by atoms with Crippen LogP contribution in [0.15, 0.2) is 0 Å². The fraction of sp³-hybridized carbons (Fsp3) is 0.875. The van der Waals surface area contributed by atoms with E-state index >= 15 is 0 Å². The zero-order valence-electron chi connectivity index (χ0n) is 76.7. The molecule has 0 aromatic carbocycles. The number of Topliss-reactive ketones (excluding diaryl/α,β-unsaturated/α-hetero) is 7. The molecule has 0 aliphatic heterocycles. The molecule has 6 atom stereocenters. The van der Waals surface area contributed by atoms with Gasteiger partial charge >= 0.3 is 0 Å². The lowest BCUT2D eigenvalue weighted by Gasteiger charge is -2.17. The molecule has 0 aliphatic carbocycles. The molecule has 119 heavy (non-hydrogen) atoms. The molecule has 23 nitrogen and oxygen atoms in total. The summed E-state index contributed by atoms with van der Waals surface area (Å²) in [5.74, 6) is -0.802. The molecule has 6 unspecified atom stereocenters. The molecule has 23 heteroatoms. The monoisotopic (exact) mass is 1680 g/mol. The van der Waals surface area contributed by atoms with E-state index in [4.69, 9.17) is 34.4 Å². The highest BCUT2D eigenvalue weighted by atomic mass is 16.2. The largest absolute Gasteiger partial charge is 0.356 e. The second kappa shape index (κ2) is 86.3. The quantitative estimate of drug-likeness (QED) is 0.0252. The van der Waals surface area contributed by atoms with E-state index in [0.29, 0.717) is 168 Å². The lowest BCUT2D eigenvalue weighted by atomic mass is 9.91. The van der Waals surface area contributed by atoms with Crippen LogP contribution in [0.2, 0.25) is 0 Å². The second-order valence-corrected chi connectivity index (χ2v) is 34.5. The van der Waals surface area contributed by atoms with E-state index in [1.807, 2.05) is 6.92 Å². The number of rotatable bonds is 90. The number of unbranched alkanes of at least 4 members (excludes halogenated alkanes) is 33. The van der Waals surface area contributed by atoms with Crippen LogP contribution < -0.4 is 61.0 Å². The average molecular weight is 1680 g/mol. The van der Waals surface area contributed by atoms with Crippen LogP contribution in [0.3, 0.4) is 0 Å². The highest BCUT2D eigenvalue weighted by Gasteiger charge is 2.27. The van der Waals surface area contributed by atoms with E-state index in [-0.39, 0.29) is 118 Å². The molecule has 0 radical (unpaired) electrons. The Labute approximate surface area is 724 Å². The van der Waals surface area contributed by atoms with Crippen LogP contribution in [0, 0.1) is 35.5 Å². The number of carbonyl (C=O) groups excluding carboxylic acids is 12. The Bertz CT molecular complexity index is 2560. The number of amides is 5. The predicted molar refractivity (Wildman–Crippen MR) is 489 cm³/mol. The molecular weight excluding hydrogens is 1500 g/mol. The van der Waals surface area contributed by atoms with Gasteiger partial charge in [0, 0.05) is 145 Å². The molecule has 0 fully saturated rings. The highest BCUT2D eigenvalue weighted by Crippen LogP contribution is 2.24. The van der Waals surface area contributed by atoms with Crippen LogP contribution in [0.25, 0.3) is 0 Å². The van der Waals surface area contributed by atoms with Crippen molar-refractivity contribution < 1.29 is 57.5 Å². The summed E-state index contributed by atoms with van der Waals surface area (Å²) in [6.45, 7) is 14.3. The first-order valence-electron chi connectivity index (χ1n) is 48.9. The lowest BCUT2D eigenvalue weighted by Crippen LogP contribution is -2.33. The van der Waals surface area contributed by atoms with Crippen molar-refractivity contribution in [2.45, 2.75) is 432 Å². The number of nitrogens with two attached hydrogens (primary N) is 6. The van der Waals surface area contributed by atoms with E-state index in [1.54, 1.807) is 6.92 Å². The van der Waals surface area contributed by atoms with Crippen molar-refractivity contribution in [1.29, 1.82) is 0 Å². The number of carbonyl (C=O) groups is 12. The van der Waals surface area contributed by atoms with Crippen LogP contribution in [0.5, 0.6) is 0 Å². The smallest absolute Gasteiger partial charge is 0.223 e. The first-order chi connectivity index (χ1) is 57.7. The van der Waals surface area contributed by atoms with Crippen LogP contribution in [0.4, 0.5) is 0 Å². The molecule has 0 spiro atoms. The zero-order valence-corrected chi connectivity index (χ0v) is 76.7. The maximum atomic E-state index is 13.1. The van der Waals surface area contributed by atoms with Crippen molar-refractivity contribution in [2.24, 2.45) is 69.9 Å². The van der Waals surface area contributed by atoms with Gasteiger partial charge in [-0.3, -0.25) is 57.5 Å². The third-order valence-electron chi connectivity index (χ3n) is 23.3. The SMILES string of the molecule is CCCCCCC(=O)CC(CCCCN)C(=O)NCCCCCCCC(=O)CC(CCCCN)C(=O)NCCCCCCCC(=O)CC(CCCCN)C(C)=O.CCCCCCCCCCCC(=O)CC(CCCCN)C(=O)NCCCCCCCC(=O)CC(CCCCN)C(=O)NCCCCCCCC(=O)CC(CCCCN)C(=O)NCC. The van der Waals surface area contributed by atoms with Crippen molar-refractivity contribution in [3.05, 3.63) is 0 Å². The molecule has 0 rings (SSSR count). The van der Waals surface area contributed by atoms with Gasteiger partial charge in [0.15, 0.2) is 0 Å². The van der Waals surface area contributed by atoms with E-state index in [2.05, 4.69) is 40.4 Å². The molecule has 0 aliphatic rings. The fourth-order valence-electron chi connectivity index (χ4n) is 15.6. The zero-order chi connectivity index (χ0) is 88.3. The first-order valence-corrected chi connectivity index (χ1v) is 48.9. The molecule has 5 amide bonds. The van der Waals surface area contributed by atoms with Crippen molar-refractivity contribution in [1.82, 2.24) is 26.6 Å². The standard InChI is InChI=1S/C51H98N6O6.C45H85N5O6/c1-3-5-6-7-8-9-10-13-18-32-47(59)41-44(30-22-25-36-53)50(62)56-39-28-17-12-15-20-34-48(60)42-45(31-23-26-37-54)51(63)57-38-27-16-11-14-19-33-46(58)40-43(29-21-24-35-52)49(61)55-4-2;1-3-4-5-12-26-42(53)35-39(24-16-19-30-47)44(55)49-33-22-11-7-9-14-28-43(54)36-40(25-17-20-31-48)45(56)50-32-21-10-6-8-13-27-41(52)34-38(37(2)51)23-15-18-29-46/h43-45H,3-42,52-54H2,1-2H3,(H,55,61)(H,56,62)(H,57,63);38-40H,3-36,46-48H2,1-2H3,(H,49,55)(H,50,56). The summed E-state index contributed by atoms with van der Waals surface area (Å²) in [6.07, 6.45) is 52.5. The minimum Gasteiger partial charge on any atom is -0.356 e. The average Bonchev–Trinajstić information content (AvgIpc) is 0.937. The maximum absolute atomic E-state index is 13.1. The first kappa shape index (κ1) is 116. The van der Waals surface area contributed by atoms with Crippen molar-refractivity contribution in [3.8, 4) is 0 Å². The Hall–Kier alpha value is -5.20. The summed E-state index contributed by atoms with van der Waals surface area (Å²) >= 11 is 0. The Morgan fingerprint density at radius 2 is 0.370 bits per heavy atom. The molecular formula is C96H183N11O12. The molecule has 0 aromatic rings.